The van der Waals surface area contributed by atoms with Crippen molar-refractivity contribution in [1.82, 2.24) is 26.1 Å². The third-order valence-corrected chi connectivity index (χ3v) is 6.12. The minimum atomic E-state index is -4.37. The molecule has 1 aliphatic heterocycles. The van der Waals surface area contributed by atoms with Crippen molar-refractivity contribution in [1.29, 1.82) is 0 Å². The van der Waals surface area contributed by atoms with Crippen LogP contribution < -0.4 is 16.2 Å². The Labute approximate surface area is 180 Å². The number of rotatable bonds is 5. The normalized spacial score (nSPS) is 21.2. The summed E-state index contributed by atoms with van der Waals surface area (Å²) in [4.78, 5) is 20.9. The topological polar surface area (TPSA) is 78.9 Å². The average molecular weight is 447 g/mol. The number of carbonyl (C=O) groups excluding carboxylic acids is 1. The van der Waals surface area contributed by atoms with E-state index in [1.807, 2.05) is 19.1 Å². The zero-order valence-corrected chi connectivity index (χ0v) is 17.3. The SMILES string of the molecule is CC1C(NC(=O)Cc2csc(-c3ccc(C(F)(F)F)cc3)n2)NNC1c1ccncc1. The van der Waals surface area contributed by atoms with Crippen molar-refractivity contribution >= 4 is 17.2 Å². The van der Waals surface area contributed by atoms with Crippen LogP contribution in [-0.4, -0.2) is 22.0 Å². The van der Waals surface area contributed by atoms with Gasteiger partial charge in [-0.3, -0.25) is 9.78 Å². The van der Waals surface area contributed by atoms with E-state index < -0.39 is 11.7 Å². The van der Waals surface area contributed by atoms with Crippen molar-refractivity contribution in [3.8, 4) is 10.6 Å². The summed E-state index contributed by atoms with van der Waals surface area (Å²) in [6.45, 7) is 2.04. The van der Waals surface area contributed by atoms with E-state index in [2.05, 4.69) is 26.1 Å². The molecule has 1 fully saturated rings. The fourth-order valence-electron chi connectivity index (χ4n) is 3.47. The zero-order chi connectivity index (χ0) is 22.0. The second kappa shape index (κ2) is 8.74. The first-order valence-corrected chi connectivity index (χ1v) is 10.5. The van der Waals surface area contributed by atoms with Gasteiger partial charge in [0.2, 0.25) is 5.91 Å². The van der Waals surface area contributed by atoms with Crippen molar-refractivity contribution < 1.29 is 18.0 Å². The van der Waals surface area contributed by atoms with Gasteiger partial charge in [0, 0.05) is 29.3 Å². The lowest BCUT2D eigenvalue weighted by Crippen LogP contribution is -2.46. The Kier molecular flexibility index (Phi) is 6.03. The van der Waals surface area contributed by atoms with Gasteiger partial charge in [-0.25, -0.2) is 15.8 Å². The average Bonchev–Trinajstić information content (AvgIpc) is 3.35. The summed E-state index contributed by atoms with van der Waals surface area (Å²) < 4.78 is 38.1. The van der Waals surface area contributed by atoms with Crippen LogP contribution in [0.5, 0.6) is 0 Å². The quantitative estimate of drug-likeness (QED) is 0.556. The van der Waals surface area contributed by atoms with Gasteiger partial charge in [0.05, 0.1) is 29.9 Å². The molecule has 3 aromatic rings. The number of carbonyl (C=O) groups is 1. The molecule has 1 aliphatic rings. The number of hydrazine groups is 1. The van der Waals surface area contributed by atoms with Crippen LogP contribution in [0.25, 0.3) is 10.6 Å². The number of nitrogens with zero attached hydrogens (tertiary/aromatic N) is 2. The molecule has 1 saturated heterocycles. The highest BCUT2D eigenvalue weighted by Crippen LogP contribution is 2.32. The van der Waals surface area contributed by atoms with Gasteiger partial charge >= 0.3 is 6.18 Å². The first-order valence-electron chi connectivity index (χ1n) is 9.63. The van der Waals surface area contributed by atoms with E-state index in [0.29, 0.717) is 16.3 Å². The molecule has 10 heteroatoms. The lowest BCUT2D eigenvalue weighted by atomic mass is 9.95. The molecule has 1 aromatic carbocycles. The summed E-state index contributed by atoms with van der Waals surface area (Å²) >= 11 is 1.29. The van der Waals surface area contributed by atoms with Gasteiger partial charge in [0.25, 0.3) is 0 Å². The molecule has 4 rings (SSSR count). The molecule has 0 saturated carbocycles. The number of hydrogen-bond donors (Lipinski definition) is 3. The van der Waals surface area contributed by atoms with E-state index in [1.165, 1.54) is 23.5 Å². The van der Waals surface area contributed by atoms with E-state index in [-0.39, 0.29) is 30.5 Å². The first kappa shape index (κ1) is 21.4. The molecule has 0 radical (unpaired) electrons. The van der Waals surface area contributed by atoms with Crippen LogP contribution in [0.2, 0.25) is 0 Å². The van der Waals surface area contributed by atoms with Gasteiger partial charge in [-0.2, -0.15) is 13.2 Å². The molecule has 2 aromatic heterocycles. The number of alkyl halides is 3. The third-order valence-electron chi connectivity index (χ3n) is 5.18. The van der Waals surface area contributed by atoms with Gasteiger partial charge in [-0.05, 0) is 29.8 Å². The van der Waals surface area contributed by atoms with Crippen molar-refractivity contribution in [2.45, 2.75) is 31.7 Å². The summed E-state index contributed by atoms with van der Waals surface area (Å²) in [6, 6.07) is 8.74. The fourth-order valence-corrected chi connectivity index (χ4v) is 4.30. The van der Waals surface area contributed by atoms with Crippen LogP contribution in [0, 0.1) is 5.92 Å². The number of aromatic nitrogens is 2. The molecule has 162 valence electrons. The van der Waals surface area contributed by atoms with Crippen LogP contribution in [0.1, 0.15) is 29.8 Å². The molecular formula is C21H20F3N5OS. The van der Waals surface area contributed by atoms with Crippen LogP contribution in [0.15, 0.2) is 54.2 Å². The predicted molar refractivity (Wildman–Crippen MR) is 111 cm³/mol. The van der Waals surface area contributed by atoms with Crippen molar-refractivity contribution in [2.24, 2.45) is 5.92 Å². The van der Waals surface area contributed by atoms with Gasteiger partial charge in [0.1, 0.15) is 5.01 Å². The smallest absolute Gasteiger partial charge is 0.339 e. The van der Waals surface area contributed by atoms with E-state index >= 15 is 0 Å². The second-order valence-electron chi connectivity index (χ2n) is 7.35. The van der Waals surface area contributed by atoms with Crippen LogP contribution in [0.4, 0.5) is 13.2 Å². The predicted octanol–water partition coefficient (Wildman–Crippen LogP) is 3.69. The highest BCUT2D eigenvalue weighted by atomic mass is 32.1. The van der Waals surface area contributed by atoms with Gasteiger partial charge in [0.15, 0.2) is 0 Å². The van der Waals surface area contributed by atoms with Crippen molar-refractivity contribution in [3.05, 3.63) is 71.0 Å². The lowest BCUT2D eigenvalue weighted by Gasteiger charge is -2.19. The minimum Gasteiger partial charge on any atom is -0.339 e. The maximum Gasteiger partial charge on any atom is 0.416 e. The summed E-state index contributed by atoms with van der Waals surface area (Å²) in [5.41, 5.74) is 7.83. The standard InChI is InChI=1S/C21H20F3N5OS/c1-12-18(13-6-8-25-9-7-13)28-29-19(12)27-17(30)10-16-11-31-20(26-16)14-2-4-15(5-3-14)21(22,23)24/h2-9,11-12,18-19,28-29H,10H2,1H3,(H,27,30). The van der Waals surface area contributed by atoms with Gasteiger partial charge < -0.3 is 5.32 Å². The molecule has 3 unspecified atom stereocenters. The summed E-state index contributed by atoms with van der Waals surface area (Å²) in [7, 11) is 0. The van der Waals surface area contributed by atoms with Crippen LogP contribution >= 0.6 is 11.3 Å². The van der Waals surface area contributed by atoms with E-state index in [4.69, 9.17) is 0 Å². The molecule has 6 nitrogen and oxygen atoms in total. The Hall–Kier alpha value is -2.82. The Bertz CT molecular complexity index is 1040. The summed E-state index contributed by atoms with van der Waals surface area (Å²) in [5.74, 6) is -0.0877. The number of pyridine rings is 1. The van der Waals surface area contributed by atoms with Crippen molar-refractivity contribution in [2.75, 3.05) is 0 Å². The monoisotopic (exact) mass is 447 g/mol. The van der Waals surface area contributed by atoms with Crippen LogP contribution in [-0.2, 0) is 17.4 Å². The molecule has 3 heterocycles. The Morgan fingerprint density at radius 1 is 1.13 bits per heavy atom. The molecule has 0 bridgehead atoms. The second-order valence-corrected chi connectivity index (χ2v) is 8.21. The highest BCUT2D eigenvalue weighted by molar-refractivity contribution is 7.13. The lowest BCUT2D eigenvalue weighted by molar-refractivity contribution is -0.137. The van der Waals surface area contributed by atoms with Crippen LogP contribution in [0.3, 0.4) is 0 Å². The first-order chi connectivity index (χ1) is 14.8. The number of thiazole rings is 1. The van der Waals surface area contributed by atoms with Gasteiger partial charge in [-0.1, -0.05) is 19.1 Å². The van der Waals surface area contributed by atoms with E-state index in [9.17, 15) is 18.0 Å². The van der Waals surface area contributed by atoms with E-state index in [0.717, 1.165) is 17.7 Å². The molecule has 0 spiro atoms. The summed E-state index contributed by atoms with van der Waals surface area (Å²) in [5, 5.41) is 5.28. The Morgan fingerprint density at radius 3 is 2.52 bits per heavy atom. The number of hydrogen-bond acceptors (Lipinski definition) is 6. The highest BCUT2D eigenvalue weighted by Gasteiger charge is 2.34. The van der Waals surface area contributed by atoms with E-state index in [1.54, 1.807) is 17.8 Å². The Morgan fingerprint density at radius 2 is 1.84 bits per heavy atom. The number of nitrogens with one attached hydrogen (secondary N) is 3. The molecule has 3 atom stereocenters. The third kappa shape index (κ3) is 4.92. The van der Waals surface area contributed by atoms with Crippen molar-refractivity contribution in [3.63, 3.8) is 0 Å². The molecule has 1 amide bonds. The number of benzene rings is 1. The zero-order valence-electron chi connectivity index (χ0n) is 16.5. The largest absolute Gasteiger partial charge is 0.416 e. The fraction of sp³-hybridized carbons (Fsp3) is 0.286. The Balaban J connectivity index is 1.35. The number of amides is 1. The number of halogens is 3. The maximum atomic E-state index is 12.7. The molecular weight excluding hydrogens is 427 g/mol. The molecule has 31 heavy (non-hydrogen) atoms. The summed E-state index contributed by atoms with van der Waals surface area (Å²) in [6.07, 6.45) is -1.08. The maximum absolute atomic E-state index is 12.7. The minimum absolute atomic E-state index is 0.0406. The molecule has 3 N–H and O–H groups in total. The van der Waals surface area contributed by atoms with Gasteiger partial charge in [-0.15, -0.1) is 11.3 Å². The molecule has 0 aliphatic carbocycles.